The molecule has 4 heteroatoms. The Morgan fingerprint density at radius 1 is 1.41 bits per heavy atom. The van der Waals surface area contributed by atoms with Crippen LogP contribution in [-0.4, -0.2) is 14.6 Å². The van der Waals surface area contributed by atoms with E-state index in [1.165, 1.54) is 0 Å². The first-order chi connectivity index (χ1) is 8.10. The SMILES string of the molecule is CCCc1cc2[nH]c(=O)cc(CC(C)C)n2n1. The molecule has 0 fully saturated rings. The minimum Gasteiger partial charge on any atom is -0.307 e. The maximum atomic E-state index is 11.6. The lowest BCUT2D eigenvalue weighted by molar-refractivity contribution is 0.616. The standard InChI is InChI=1S/C13H19N3O/c1-4-5-10-7-12-14-13(17)8-11(6-9(2)3)16(12)15-10/h7-9H,4-6H2,1-3H3,(H,14,17). The van der Waals surface area contributed by atoms with Crippen LogP contribution in [0.2, 0.25) is 0 Å². The molecule has 17 heavy (non-hydrogen) atoms. The van der Waals surface area contributed by atoms with Gasteiger partial charge in [0.1, 0.15) is 5.65 Å². The maximum Gasteiger partial charge on any atom is 0.251 e. The maximum absolute atomic E-state index is 11.6. The second kappa shape index (κ2) is 4.73. The Hall–Kier alpha value is -1.58. The summed E-state index contributed by atoms with van der Waals surface area (Å²) < 4.78 is 1.87. The van der Waals surface area contributed by atoms with Gasteiger partial charge in [-0.05, 0) is 18.8 Å². The fourth-order valence-electron chi connectivity index (χ4n) is 2.05. The summed E-state index contributed by atoms with van der Waals surface area (Å²) in [5, 5.41) is 4.54. The number of aryl methyl sites for hydroxylation is 1. The normalized spacial score (nSPS) is 11.5. The molecule has 2 heterocycles. The van der Waals surface area contributed by atoms with Crippen molar-refractivity contribution in [3.8, 4) is 0 Å². The molecular weight excluding hydrogens is 214 g/mol. The van der Waals surface area contributed by atoms with E-state index in [0.29, 0.717) is 5.92 Å². The van der Waals surface area contributed by atoms with Crippen molar-refractivity contribution in [1.29, 1.82) is 0 Å². The van der Waals surface area contributed by atoms with E-state index in [0.717, 1.165) is 36.3 Å². The van der Waals surface area contributed by atoms with E-state index < -0.39 is 0 Å². The van der Waals surface area contributed by atoms with Gasteiger partial charge in [-0.25, -0.2) is 4.52 Å². The Morgan fingerprint density at radius 3 is 2.82 bits per heavy atom. The summed E-state index contributed by atoms with van der Waals surface area (Å²) in [7, 11) is 0. The minimum atomic E-state index is -0.0453. The van der Waals surface area contributed by atoms with Crippen LogP contribution in [0, 0.1) is 5.92 Å². The van der Waals surface area contributed by atoms with E-state index >= 15 is 0 Å². The summed E-state index contributed by atoms with van der Waals surface area (Å²) in [6, 6.07) is 3.62. The Morgan fingerprint density at radius 2 is 2.18 bits per heavy atom. The van der Waals surface area contributed by atoms with Crippen molar-refractivity contribution < 1.29 is 0 Å². The lowest BCUT2D eigenvalue weighted by atomic mass is 10.1. The molecule has 0 spiro atoms. The van der Waals surface area contributed by atoms with E-state index in [4.69, 9.17) is 0 Å². The number of H-pyrrole nitrogens is 1. The smallest absolute Gasteiger partial charge is 0.251 e. The molecule has 0 atom stereocenters. The number of aromatic amines is 1. The van der Waals surface area contributed by atoms with Crippen molar-refractivity contribution in [2.45, 2.75) is 40.0 Å². The first-order valence-electron chi connectivity index (χ1n) is 6.21. The Labute approximate surface area is 101 Å². The molecule has 2 rings (SSSR count). The van der Waals surface area contributed by atoms with Crippen LogP contribution in [-0.2, 0) is 12.8 Å². The van der Waals surface area contributed by atoms with Crippen LogP contribution in [0.5, 0.6) is 0 Å². The third-order valence-electron chi connectivity index (χ3n) is 2.70. The fraction of sp³-hybridized carbons (Fsp3) is 0.538. The predicted octanol–water partition coefficient (Wildman–Crippen LogP) is 2.17. The highest BCUT2D eigenvalue weighted by Gasteiger charge is 2.08. The van der Waals surface area contributed by atoms with Crippen molar-refractivity contribution >= 4 is 5.65 Å². The molecule has 0 aliphatic heterocycles. The lowest BCUT2D eigenvalue weighted by Crippen LogP contribution is -2.13. The zero-order chi connectivity index (χ0) is 12.4. The van der Waals surface area contributed by atoms with E-state index in [2.05, 4.69) is 30.9 Å². The quantitative estimate of drug-likeness (QED) is 0.880. The van der Waals surface area contributed by atoms with Crippen LogP contribution in [0.3, 0.4) is 0 Å². The van der Waals surface area contributed by atoms with Gasteiger partial charge < -0.3 is 4.98 Å². The van der Waals surface area contributed by atoms with Gasteiger partial charge in [0.2, 0.25) is 0 Å². The molecule has 92 valence electrons. The van der Waals surface area contributed by atoms with Crippen LogP contribution < -0.4 is 5.56 Å². The van der Waals surface area contributed by atoms with E-state index in [-0.39, 0.29) is 5.56 Å². The summed E-state index contributed by atoms with van der Waals surface area (Å²) >= 11 is 0. The first-order valence-corrected chi connectivity index (χ1v) is 6.21. The Kier molecular flexibility index (Phi) is 3.31. The summed E-state index contributed by atoms with van der Waals surface area (Å²) in [6.07, 6.45) is 2.88. The Balaban J connectivity index is 2.53. The van der Waals surface area contributed by atoms with Crippen LogP contribution in [0.25, 0.3) is 5.65 Å². The summed E-state index contributed by atoms with van der Waals surface area (Å²) in [5.74, 6) is 0.513. The van der Waals surface area contributed by atoms with Crippen LogP contribution in [0.15, 0.2) is 16.9 Å². The van der Waals surface area contributed by atoms with Gasteiger partial charge in [0.15, 0.2) is 0 Å². The number of nitrogens with zero attached hydrogens (tertiary/aromatic N) is 2. The van der Waals surface area contributed by atoms with E-state index in [9.17, 15) is 4.79 Å². The molecule has 2 aromatic heterocycles. The van der Waals surface area contributed by atoms with Crippen molar-refractivity contribution in [3.63, 3.8) is 0 Å². The Bertz CT molecular complexity index is 566. The molecular formula is C13H19N3O. The highest BCUT2D eigenvalue weighted by molar-refractivity contribution is 5.40. The molecule has 0 saturated carbocycles. The second-order valence-electron chi connectivity index (χ2n) is 4.91. The van der Waals surface area contributed by atoms with E-state index in [1.54, 1.807) is 6.07 Å². The highest BCUT2D eigenvalue weighted by atomic mass is 16.1. The largest absolute Gasteiger partial charge is 0.307 e. The first kappa shape index (κ1) is 11.9. The van der Waals surface area contributed by atoms with Gasteiger partial charge in [0.25, 0.3) is 5.56 Å². The number of hydrogen-bond acceptors (Lipinski definition) is 2. The van der Waals surface area contributed by atoms with Crippen LogP contribution in [0.4, 0.5) is 0 Å². The van der Waals surface area contributed by atoms with Gasteiger partial charge in [-0.3, -0.25) is 4.79 Å². The van der Waals surface area contributed by atoms with Gasteiger partial charge in [-0.1, -0.05) is 27.2 Å². The van der Waals surface area contributed by atoms with Gasteiger partial charge in [0, 0.05) is 12.1 Å². The summed E-state index contributed by atoms with van der Waals surface area (Å²) in [4.78, 5) is 14.4. The second-order valence-corrected chi connectivity index (χ2v) is 4.91. The topological polar surface area (TPSA) is 50.2 Å². The molecule has 2 aromatic rings. The van der Waals surface area contributed by atoms with Gasteiger partial charge >= 0.3 is 0 Å². The molecule has 0 saturated heterocycles. The molecule has 1 N–H and O–H groups in total. The van der Waals surface area contributed by atoms with Gasteiger partial charge in [-0.15, -0.1) is 0 Å². The molecule has 0 aromatic carbocycles. The molecule has 0 radical (unpaired) electrons. The highest BCUT2D eigenvalue weighted by Crippen LogP contribution is 2.10. The van der Waals surface area contributed by atoms with Crippen molar-refractivity contribution in [3.05, 3.63) is 33.9 Å². The molecule has 0 unspecified atom stereocenters. The van der Waals surface area contributed by atoms with Crippen molar-refractivity contribution in [2.75, 3.05) is 0 Å². The molecule has 0 bridgehead atoms. The van der Waals surface area contributed by atoms with Gasteiger partial charge in [-0.2, -0.15) is 5.10 Å². The van der Waals surface area contributed by atoms with Gasteiger partial charge in [0.05, 0.1) is 11.4 Å². The van der Waals surface area contributed by atoms with Crippen molar-refractivity contribution in [1.82, 2.24) is 14.6 Å². The molecule has 4 nitrogen and oxygen atoms in total. The molecule has 0 aliphatic carbocycles. The average molecular weight is 233 g/mol. The predicted molar refractivity (Wildman–Crippen MR) is 68.3 cm³/mol. The zero-order valence-corrected chi connectivity index (χ0v) is 10.7. The number of nitrogens with one attached hydrogen (secondary N) is 1. The number of hydrogen-bond donors (Lipinski definition) is 1. The zero-order valence-electron chi connectivity index (χ0n) is 10.7. The third-order valence-corrected chi connectivity index (χ3v) is 2.70. The minimum absolute atomic E-state index is 0.0453. The number of aromatic nitrogens is 3. The fourth-order valence-corrected chi connectivity index (χ4v) is 2.05. The molecule has 0 aliphatic rings. The van der Waals surface area contributed by atoms with Crippen LogP contribution >= 0.6 is 0 Å². The number of rotatable bonds is 4. The van der Waals surface area contributed by atoms with Crippen molar-refractivity contribution in [2.24, 2.45) is 5.92 Å². The number of fused-ring (bicyclic) bond motifs is 1. The third kappa shape index (κ3) is 2.57. The van der Waals surface area contributed by atoms with Crippen LogP contribution in [0.1, 0.15) is 38.6 Å². The lowest BCUT2D eigenvalue weighted by Gasteiger charge is -2.06. The monoisotopic (exact) mass is 233 g/mol. The summed E-state index contributed by atoms with van der Waals surface area (Å²) in [5.41, 5.74) is 2.79. The molecule has 0 amide bonds. The van der Waals surface area contributed by atoms with E-state index in [1.807, 2.05) is 10.6 Å². The average Bonchev–Trinajstić information content (AvgIpc) is 2.60. The summed E-state index contributed by atoms with van der Waals surface area (Å²) in [6.45, 7) is 6.41.